The van der Waals surface area contributed by atoms with Gasteiger partial charge in [-0.1, -0.05) is 0 Å². The molecule has 3 heterocycles. The summed E-state index contributed by atoms with van der Waals surface area (Å²) in [7, 11) is 0. The van der Waals surface area contributed by atoms with E-state index in [0.717, 1.165) is 21.5 Å². The van der Waals surface area contributed by atoms with E-state index in [9.17, 15) is 0 Å². The number of hydrogen-bond acceptors (Lipinski definition) is 5. The van der Waals surface area contributed by atoms with Crippen molar-refractivity contribution in [3.05, 3.63) is 40.8 Å². The molecule has 0 aliphatic carbocycles. The fourth-order valence-corrected chi connectivity index (χ4v) is 2.81. The average molecular weight is 271 g/mol. The molecule has 0 aliphatic rings. The Morgan fingerprint density at radius 2 is 1.95 bits per heavy atom. The van der Waals surface area contributed by atoms with Crippen molar-refractivity contribution in [2.75, 3.05) is 0 Å². The largest absolute Gasteiger partial charge is 0.437 e. The molecule has 0 amide bonds. The second-order valence-electron chi connectivity index (χ2n) is 4.41. The second kappa shape index (κ2) is 4.59. The van der Waals surface area contributed by atoms with E-state index >= 15 is 0 Å². The molecule has 0 atom stereocenters. The van der Waals surface area contributed by atoms with Crippen molar-refractivity contribution in [2.24, 2.45) is 0 Å². The first-order chi connectivity index (χ1) is 9.13. The van der Waals surface area contributed by atoms with Crippen LogP contribution in [0.1, 0.15) is 17.1 Å². The van der Waals surface area contributed by atoms with E-state index in [4.69, 9.17) is 4.74 Å². The molecule has 0 aliphatic heterocycles. The maximum atomic E-state index is 5.86. The van der Waals surface area contributed by atoms with Gasteiger partial charge in [-0.15, -0.1) is 11.3 Å². The van der Waals surface area contributed by atoms with Gasteiger partial charge in [0.15, 0.2) is 0 Å². The van der Waals surface area contributed by atoms with E-state index in [0.29, 0.717) is 17.5 Å². The summed E-state index contributed by atoms with van der Waals surface area (Å²) in [5.41, 5.74) is 2.10. The number of hydrogen-bond donors (Lipinski definition) is 0. The summed E-state index contributed by atoms with van der Waals surface area (Å²) in [5, 5.41) is 3.05. The summed E-state index contributed by atoms with van der Waals surface area (Å²) >= 11 is 1.61. The highest BCUT2D eigenvalue weighted by Crippen LogP contribution is 2.33. The van der Waals surface area contributed by atoms with Crippen LogP contribution in [0, 0.1) is 20.8 Å². The number of fused-ring (bicyclic) bond motifs is 1. The molecule has 5 heteroatoms. The third kappa shape index (κ3) is 2.29. The summed E-state index contributed by atoms with van der Waals surface area (Å²) in [6.45, 7) is 5.85. The predicted molar refractivity (Wildman–Crippen MR) is 75.9 cm³/mol. The minimum Gasteiger partial charge on any atom is -0.437 e. The van der Waals surface area contributed by atoms with Crippen LogP contribution in [0.2, 0.25) is 0 Å². The van der Waals surface area contributed by atoms with Crippen molar-refractivity contribution in [2.45, 2.75) is 20.8 Å². The number of rotatable bonds is 2. The Balaban J connectivity index is 2.09. The summed E-state index contributed by atoms with van der Waals surface area (Å²) in [6.07, 6.45) is 1.71. The molecule has 3 aromatic rings. The zero-order chi connectivity index (χ0) is 13.4. The first-order valence-corrected chi connectivity index (χ1v) is 6.84. The average Bonchev–Trinajstić information content (AvgIpc) is 2.74. The Bertz CT molecular complexity index is 734. The molecule has 4 nitrogen and oxygen atoms in total. The van der Waals surface area contributed by atoms with Crippen molar-refractivity contribution in [1.82, 2.24) is 15.0 Å². The quantitative estimate of drug-likeness (QED) is 0.711. The fourth-order valence-electron chi connectivity index (χ4n) is 1.85. The Morgan fingerprint density at radius 3 is 2.68 bits per heavy atom. The number of thiophene rings is 1. The van der Waals surface area contributed by atoms with Crippen molar-refractivity contribution in [1.29, 1.82) is 0 Å². The predicted octanol–water partition coefficient (Wildman–Crippen LogP) is 3.80. The normalized spacial score (nSPS) is 10.9. The van der Waals surface area contributed by atoms with Crippen molar-refractivity contribution in [3.8, 4) is 11.6 Å². The standard InChI is InChI=1S/C14H13N3OS/c1-8-7-19-14-12(8)13(16-10(3)17-14)18-11-5-4-9(2)15-6-11/h4-7H,1-3H3. The Labute approximate surface area is 115 Å². The minimum absolute atomic E-state index is 0.604. The van der Waals surface area contributed by atoms with Gasteiger partial charge in [0.05, 0.1) is 11.6 Å². The van der Waals surface area contributed by atoms with Gasteiger partial charge in [0, 0.05) is 5.69 Å². The molecule has 0 unspecified atom stereocenters. The second-order valence-corrected chi connectivity index (χ2v) is 5.27. The summed E-state index contributed by atoms with van der Waals surface area (Å²) in [4.78, 5) is 14.0. The summed E-state index contributed by atoms with van der Waals surface area (Å²) in [6, 6.07) is 3.81. The van der Waals surface area contributed by atoms with E-state index < -0.39 is 0 Å². The zero-order valence-corrected chi connectivity index (χ0v) is 11.8. The lowest BCUT2D eigenvalue weighted by Crippen LogP contribution is -1.94. The molecule has 0 aromatic carbocycles. The SMILES string of the molecule is Cc1ccc(Oc2nc(C)nc3scc(C)c23)cn1. The van der Waals surface area contributed by atoms with Crippen LogP contribution in [0.15, 0.2) is 23.7 Å². The smallest absolute Gasteiger partial charge is 0.231 e. The third-order valence-electron chi connectivity index (χ3n) is 2.79. The van der Waals surface area contributed by atoms with Crippen molar-refractivity contribution >= 4 is 21.6 Å². The summed E-state index contributed by atoms with van der Waals surface area (Å²) < 4.78 is 5.86. The Hall–Kier alpha value is -2.01. The lowest BCUT2D eigenvalue weighted by Gasteiger charge is -2.07. The summed E-state index contributed by atoms with van der Waals surface area (Å²) in [5.74, 6) is 2.01. The van der Waals surface area contributed by atoms with Crippen LogP contribution < -0.4 is 4.74 Å². The van der Waals surface area contributed by atoms with Crippen LogP contribution in [-0.4, -0.2) is 15.0 Å². The maximum absolute atomic E-state index is 5.86. The van der Waals surface area contributed by atoms with E-state index in [2.05, 4.69) is 20.3 Å². The van der Waals surface area contributed by atoms with Gasteiger partial charge in [0.1, 0.15) is 16.4 Å². The van der Waals surface area contributed by atoms with Gasteiger partial charge < -0.3 is 4.74 Å². The molecule has 0 saturated carbocycles. The molecule has 19 heavy (non-hydrogen) atoms. The van der Waals surface area contributed by atoms with E-state index in [1.54, 1.807) is 17.5 Å². The van der Waals surface area contributed by atoms with Gasteiger partial charge >= 0.3 is 0 Å². The maximum Gasteiger partial charge on any atom is 0.231 e. The Kier molecular flexibility index (Phi) is 2.91. The first-order valence-electron chi connectivity index (χ1n) is 5.96. The van der Waals surface area contributed by atoms with Crippen LogP contribution in [-0.2, 0) is 0 Å². The highest BCUT2D eigenvalue weighted by atomic mass is 32.1. The molecule has 96 valence electrons. The number of nitrogens with zero attached hydrogens (tertiary/aromatic N) is 3. The molecule has 0 radical (unpaired) electrons. The van der Waals surface area contributed by atoms with Crippen LogP contribution in [0.25, 0.3) is 10.2 Å². The van der Waals surface area contributed by atoms with Crippen LogP contribution in [0.3, 0.4) is 0 Å². The lowest BCUT2D eigenvalue weighted by atomic mass is 10.2. The van der Waals surface area contributed by atoms with Gasteiger partial charge in [-0.05, 0) is 43.8 Å². The topological polar surface area (TPSA) is 47.9 Å². The van der Waals surface area contributed by atoms with E-state index in [1.165, 1.54) is 0 Å². The van der Waals surface area contributed by atoms with Crippen LogP contribution >= 0.6 is 11.3 Å². The van der Waals surface area contributed by atoms with Gasteiger partial charge in [-0.2, -0.15) is 4.98 Å². The molecule has 0 saturated heterocycles. The minimum atomic E-state index is 0.604. The molecule has 3 aromatic heterocycles. The molecule has 0 spiro atoms. The van der Waals surface area contributed by atoms with E-state index in [-0.39, 0.29) is 0 Å². The van der Waals surface area contributed by atoms with Gasteiger partial charge in [-0.3, -0.25) is 4.98 Å². The van der Waals surface area contributed by atoms with Gasteiger partial charge in [0.2, 0.25) is 5.88 Å². The number of ether oxygens (including phenoxy) is 1. The van der Waals surface area contributed by atoms with E-state index in [1.807, 2.05) is 32.9 Å². The van der Waals surface area contributed by atoms with Gasteiger partial charge in [-0.25, -0.2) is 4.98 Å². The first kappa shape index (κ1) is 12.0. The van der Waals surface area contributed by atoms with Crippen molar-refractivity contribution in [3.63, 3.8) is 0 Å². The lowest BCUT2D eigenvalue weighted by molar-refractivity contribution is 0.464. The number of pyridine rings is 1. The molecular weight excluding hydrogens is 258 g/mol. The third-order valence-corrected chi connectivity index (χ3v) is 3.78. The highest BCUT2D eigenvalue weighted by molar-refractivity contribution is 7.17. The fraction of sp³-hybridized carbons (Fsp3) is 0.214. The van der Waals surface area contributed by atoms with Crippen molar-refractivity contribution < 1.29 is 4.74 Å². The molecule has 0 N–H and O–H groups in total. The van der Waals surface area contributed by atoms with Gasteiger partial charge in [0.25, 0.3) is 0 Å². The van der Waals surface area contributed by atoms with Crippen LogP contribution in [0.5, 0.6) is 11.6 Å². The monoisotopic (exact) mass is 271 g/mol. The number of aryl methyl sites for hydroxylation is 3. The molecule has 0 fully saturated rings. The molecule has 0 bridgehead atoms. The zero-order valence-electron chi connectivity index (χ0n) is 11.0. The highest BCUT2D eigenvalue weighted by Gasteiger charge is 2.12. The number of aromatic nitrogens is 3. The molecular formula is C14H13N3OS. The Morgan fingerprint density at radius 1 is 1.11 bits per heavy atom. The van der Waals surface area contributed by atoms with Crippen LogP contribution in [0.4, 0.5) is 0 Å². The molecule has 3 rings (SSSR count).